The average Bonchev–Trinajstić information content (AvgIpc) is 2.59. The highest BCUT2D eigenvalue weighted by atomic mass is 35.5. The highest BCUT2D eigenvalue weighted by molar-refractivity contribution is 5.85. The summed E-state index contributed by atoms with van der Waals surface area (Å²) in [7, 11) is 0. The van der Waals surface area contributed by atoms with E-state index in [1.165, 1.54) is 12.1 Å². The number of aromatic amines is 1. The number of hydrogen-bond donors (Lipinski definition) is 2. The largest absolute Gasteiger partial charge is 0.361 e. The number of aromatic nitrogens is 1. The van der Waals surface area contributed by atoms with Gasteiger partial charge in [-0.15, -0.1) is 12.4 Å². The molecule has 15 heavy (non-hydrogen) atoms. The molecule has 0 saturated heterocycles. The van der Waals surface area contributed by atoms with Crippen LogP contribution >= 0.6 is 12.4 Å². The normalized spacial score (nSPS) is 12.5. The van der Waals surface area contributed by atoms with Gasteiger partial charge in [0.1, 0.15) is 5.82 Å². The Labute approximate surface area is 94.1 Å². The standard InChI is InChI=1S/C11H13FN2.ClH/c1-7(5-13)10-6-14-11-4-8(12)2-3-9(10)11;/h2-4,6-7,14H,5,13H2,1H3;1H. The first-order valence-corrected chi connectivity index (χ1v) is 4.69. The summed E-state index contributed by atoms with van der Waals surface area (Å²) in [6, 6.07) is 4.77. The van der Waals surface area contributed by atoms with Crippen LogP contribution in [0.25, 0.3) is 10.9 Å². The zero-order valence-electron chi connectivity index (χ0n) is 8.46. The molecule has 1 unspecified atom stereocenters. The molecule has 0 aliphatic rings. The Morgan fingerprint density at radius 2 is 2.20 bits per heavy atom. The van der Waals surface area contributed by atoms with Crippen molar-refractivity contribution in [1.82, 2.24) is 4.98 Å². The molecule has 0 bridgehead atoms. The van der Waals surface area contributed by atoms with Crippen molar-refractivity contribution in [1.29, 1.82) is 0 Å². The summed E-state index contributed by atoms with van der Waals surface area (Å²) in [4.78, 5) is 3.05. The van der Waals surface area contributed by atoms with Gasteiger partial charge in [0.15, 0.2) is 0 Å². The van der Waals surface area contributed by atoms with Crippen molar-refractivity contribution in [3.63, 3.8) is 0 Å². The van der Waals surface area contributed by atoms with Gasteiger partial charge >= 0.3 is 0 Å². The van der Waals surface area contributed by atoms with E-state index in [1.54, 1.807) is 6.07 Å². The van der Waals surface area contributed by atoms with E-state index in [-0.39, 0.29) is 18.2 Å². The average molecular weight is 229 g/mol. The van der Waals surface area contributed by atoms with Gasteiger partial charge in [0.2, 0.25) is 0 Å². The van der Waals surface area contributed by atoms with Crippen molar-refractivity contribution in [3.05, 3.63) is 35.8 Å². The van der Waals surface area contributed by atoms with Crippen LogP contribution in [0.1, 0.15) is 18.4 Å². The van der Waals surface area contributed by atoms with Gasteiger partial charge in [-0.3, -0.25) is 0 Å². The quantitative estimate of drug-likeness (QED) is 0.816. The van der Waals surface area contributed by atoms with Gasteiger partial charge in [-0.25, -0.2) is 4.39 Å². The lowest BCUT2D eigenvalue weighted by Gasteiger charge is -2.05. The molecule has 0 radical (unpaired) electrons. The fourth-order valence-corrected chi connectivity index (χ4v) is 1.66. The van der Waals surface area contributed by atoms with Crippen LogP contribution in [0.15, 0.2) is 24.4 Å². The predicted octanol–water partition coefficient (Wildman–Crippen LogP) is 2.79. The number of nitrogens with one attached hydrogen (secondary N) is 1. The molecular weight excluding hydrogens is 215 g/mol. The van der Waals surface area contributed by atoms with Crippen LogP contribution in [-0.2, 0) is 0 Å². The zero-order chi connectivity index (χ0) is 10.1. The molecule has 0 saturated carbocycles. The third-order valence-corrected chi connectivity index (χ3v) is 2.56. The van der Waals surface area contributed by atoms with E-state index < -0.39 is 0 Å². The smallest absolute Gasteiger partial charge is 0.125 e. The number of rotatable bonds is 2. The Bertz CT molecular complexity index is 453. The number of hydrogen-bond acceptors (Lipinski definition) is 1. The molecule has 2 aromatic rings. The van der Waals surface area contributed by atoms with Gasteiger partial charge in [-0.1, -0.05) is 6.92 Å². The van der Waals surface area contributed by atoms with Crippen molar-refractivity contribution < 1.29 is 4.39 Å². The van der Waals surface area contributed by atoms with Crippen molar-refractivity contribution in [2.45, 2.75) is 12.8 Å². The molecule has 2 rings (SSSR count). The van der Waals surface area contributed by atoms with Gasteiger partial charge in [0, 0.05) is 17.1 Å². The molecule has 1 aromatic heterocycles. The summed E-state index contributed by atoms with van der Waals surface area (Å²) in [6.07, 6.45) is 1.90. The fraction of sp³-hybridized carbons (Fsp3) is 0.273. The molecule has 1 atom stereocenters. The van der Waals surface area contributed by atoms with E-state index in [0.29, 0.717) is 12.5 Å². The maximum Gasteiger partial charge on any atom is 0.125 e. The first-order valence-electron chi connectivity index (χ1n) is 4.69. The molecule has 1 heterocycles. The van der Waals surface area contributed by atoms with Crippen LogP contribution in [0.5, 0.6) is 0 Å². The Kier molecular flexibility index (Phi) is 3.72. The highest BCUT2D eigenvalue weighted by Crippen LogP contribution is 2.25. The second-order valence-electron chi connectivity index (χ2n) is 3.57. The molecule has 0 aliphatic carbocycles. The summed E-state index contributed by atoms with van der Waals surface area (Å²) in [5.74, 6) is 0.0838. The van der Waals surface area contributed by atoms with E-state index >= 15 is 0 Å². The molecule has 4 heteroatoms. The van der Waals surface area contributed by atoms with Crippen LogP contribution in [0.3, 0.4) is 0 Å². The summed E-state index contributed by atoms with van der Waals surface area (Å²) < 4.78 is 12.9. The molecule has 0 fully saturated rings. The summed E-state index contributed by atoms with van der Waals surface area (Å²) in [5, 5.41) is 1.06. The third kappa shape index (κ3) is 2.13. The Hall–Kier alpha value is -1.06. The lowest BCUT2D eigenvalue weighted by molar-refractivity contribution is 0.629. The highest BCUT2D eigenvalue weighted by Gasteiger charge is 2.09. The van der Waals surface area contributed by atoms with Crippen molar-refractivity contribution in [3.8, 4) is 0 Å². The number of H-pyrrole nitrogens is 1. The summed E-state index contributed by atoms with van der Waals surface area (Å²) >= 11 is 0. The second kappa shape index (κ2) is 4.64. The molecular formula is C11H14ClFN2. The Morgan fingerprint density at radius 3 is 2.87 bits per heavy atom. The van der Waals surface area contributed by atoms with Gasteiger partial charge in [0.05, 0.1) is 0 Å². The Balaban J connectivity index is 0.00000112. The van der Waals surface area contributed by atoms with Crippen LogP contribution in [0.4, 0.5) is 4.39 Å². The van der Waals surface area contributed by atoms with Gasteiger partial charge < -0.3 is 10.7 Å². The maximum absolute atomic E-state index is 12.9. The first-order chi connectivity index (χ1) is 6.72. The molecule has 0 aliphatic heterocycles. The lowest BCUT2D eigenvalue weighted by Crippen LogP contribution is -2.08. The van der Waals surface area contributed by atoms with Crippen LogP contribution < -0.4 is 5.73 Å². The minimum Gasteiger partial charge on any atom is -0.361 e. The molecule has 0 amide bonds. The number of nitrogens with two attached hydrogens (primary N) is 1. The summed E-state index contributed by atoms with van der Waals surface area (Å²) in [5.41, 5.74) is 7.58. The number of benzene rings is 1. The third-order valence-electron chi connectivity index (χ3n) is 2.56. The van der Waals surface area contributed by atoms with Gasteiger partial charge in [-0.05, 0) is 36.2 Å². The number of halogens is 2. The molecule has 2 nitrogen and oxygen atoms in total. The lowest BCUT2D eigenvalue weighted by atomic mass is 10.0. The molecule has 82 valence electrons. The Morgan fingerprint density at radius 1 is 1.47 bits per heavy atom. The van der Waals surface area contributed by atoms with Gasteiger partial charge in [0.25, 0.3) is 0 Å². The molecule has 1 aromatic carbocycles. The SMILES string of the molecule is CC(CN)c1c[nH]c2cc(F)ccc12.Cl. The van der Waals surface area contributed by atoms with Crippen LogP contribution in [0, 0.1) is 5.82 Å². The van der Waals surface area contributed by atoms with Crippen molar-refractivity contribution in [2.24, 2.45) is 5.73 Å². The second-order valence-corrected chi connectivity index (χ2v) is 3.57. The van der Waals surface area contributed by atoms with Crippen LogP contribution in [-0.4, -0.2) is 11.5 Å². The molecule has 3 N–H and O–H groups in total. The number of fused-ring (bicyclic) bond motifs is 1. The van der Waals surface area contributed by atoms with E-state index in [1.807, 2.05) is 6.20 Å². The first kappa shape index (κ1) is 12.0. The van der Waals surface area contributed by atoms with E-state index in [4.69, 9.17) is 5.73 Å². The molecule has 0 spiro atoms. The minimum absolute atomic E-state index is 0. The topological polar surface area (TPSA) is 41.8 Å². The van der Waals surface area contributed by atoms with Crippen molar-refractivity contribution in [2.75, 3.05) is 6.54 Å². The van der Waals surface area contributed by atoms with E-state index in [9.17, 15) is 4.39 Å². The van der Waals surface area contributed by atoms with E-state index in [2.05, 4.69) is 11.9 Å². The van der Waals surface area contributed by atoms with Crippen LogP contribution in [0.2, 0.25) is 0 Å². The predicted molar refractivity (Wildman–Crippen MR) is 63.0 cm³/mol. The zero-order valence-corrected chi connectivity index (χ0v) is 9.27. The van der Waals surface area contributed by atoms with E-state index in [0.717, 1.165) is 16.5 Å². The fourth-order valence-electron chi connectivity index (χ4n) is 1.66. The summed E-state index contributed by atoms with van der Waals surface area (Å²) in [6.45, 7) is 2.66. The minimum atomic E-state index is -0.216. The van der Waals surface area contributed by atoms with Gasteiger partial charge in [-0.2, -0.15) is 0 Å². The van der Waals surface area contributed by atoms with Crippen molar-refractivity contribution >= 4 is 23.3 Å². The maximum atomic E-state index is 12.9. The monoisotopic (exact) mass is 228 g/mol.